The molecule has 0 N–H and O–H groups in total. The molecule has 20 heavy (non-hydrogen) atoms. The van der Waals surface area contributed by atoms with E-state index in [1.54, 1.807) is 19.2 Å². The van der Waals surface area contributed by atoms with E-state index in [4.69, 9.17) is 4.74 Å². The van der Waals surface area contributed by atoms with Crippen LogP contribution in [0.15, 0.2) is 24.4 Å². The highest BCUT2D eigenvalue weighted by Gasteiger charge is 2.35. The molecule has 0 fully saturated rings. The van der Waals surface area contributed by atoms with Crippen LogP contribution in [0.3, 0.4) is 0 Å². The van der Waals surface area contributed by atoms with Gasteiger partial charge in [0.2, 0.25) is 5.78 Å². The molecule has 3 rings (SSSR count). The Kier molecular flexibility index (Phi) is 2.53. The third-order valence-electron chi connectivity index (χ3n) is 3.15. The minimum atomic E-state index is -0.547. The molecule has 1 heterocycles. The van der Waals surface area contributed by atoms with Crippen LogP contribution in [0.5, 0.6) is 5.75 Å². The van der Waals surface area contributed by atoms with Crippen LogP contribution in [0.25, 0.3) is 0 Å². The highest BCUT2D eigenvalue weighted by Crippen LogP contribution is 2.32. The van der Waals surface area contributed by atoms with Gasteiger partial charge in [-0.2, -0.15) is 5.10 Å². The number of aryl methyl sites for hydroxylation is 1. The van der Waals surface area contributed by atoms with Gasteiger partial charge in [0.1, 0.15) is 11.4 Å². The summed E-state index contributed by atoms with van der Waals surface area (Å²) in [6.07, 6.45) is 1.37. The zero-order chi connectivity index (χ0) is 14.4. The molecule has 0 atom stereocenters. The average molecular weight is 270 g/mol. The second-order valence-corrected chi connectivity index (χ2v) is 4.46. The molecule has 1 aliphatic carbocycles. The molecule has 0 saturated heterocycles. The van der Waals surface area contributed by atoms with Crippen molar-refractivity contribution in [3.8, 4) is 5.75 Å². The van der Waals surface area contributed by atoms with E-state index in [-0.39, 0.29) is 39.7 Å². The standard InChI is InChI=1S/C14H10N2O4/c1-7(17)20-10-5-3-4-8-11(10)14(19)12-9(13(8)18)6-15-16(12)2/h3-6H,1-2H3. The Morgan fingerprint density at radius 1 is 1.20 bits per heavy atom. The van der Waals surface area contributed by atoms with Crippen LogP contribution in [0, 0.1) is 0 Å². The molecule has 0 radical (unpaired) electrons. The highest BCUT2D eigenvalue weighted by atomic mass is 16.5. The average Bonchev–Trinajstić information content (AvgIpc) is 2.78. The minimum absolute atomic E-state index is 0.0974. The van der Waals surface area contributed by atoms with Crippen molar-refractivity contribution in [2.45, 2.75) is 6.92 Å². The number of carbonyl (C=O) groups is 3. The summed E-state index contributed by atoms with van der Waals surface area (Å²) in [6.45, 7) is 1.24. The Bertz CT molecular complexity index is 773. The lowest BCUT2D eigenvalue weighted by atomic mass is 9.87. The zero-order valence-corrected chi connectivity index (χ0v) is 10.8. The summed E-state index contributed by atoms with van der Waals surface area (Å²) in [5.74, 6) is -1.11. The summed E-state index contributed by atoms with van der Waals surface area (Å²) in [7, 11) is 1.59. The Balaban J connectivity index is 2.27. The Hall–Kier alpha value is -2.76. The van der Waals surface area contributed by atoms with Gasteiger partial charge in [0.05, 0.1) is 17.3 Å². The van der Waals surface area contributed by atoms with Crippen molar-refractivity contribution >= 4 is 17.5 Å². The molecule has 6 nitrogen and oxygen atoms in total. The van der Waals surface area contributed by atoms with Gasteiger partial charge in [-0.25, -0.2) is 0 Å². The third-order valence-corrected chi connectivity index (χ3v) is 3.15. The van der Waals surface area contributed by atoms with E-state index in [0.717, 1.165) is 0 Å². The molecule has 0 amide bonds. The van der Waals surface area contributed by atoms with Gasteiger partial charge < -0.3 is 4.74 Å². The van der Waals surface area contributed by atoms with E-state index < -0.39 is 5.97 Å². The number of hydrogen-bond donors (Lipinski definition) is 0. The quantitative estimate of drug-likeness (QED) is 0.489. The van der Waals surface area contributed by atoms with E-state index in [1.165, 1.54) is 23.9 Å². The molecule has 1 aliphatic rings. The normalized spacial score (nSPS) is 12.9. The molecular weight excluding hydrogens is 260 g/mol. The lowest BCUT2D eigenvalue weighted by Gasteiger charge is -2.17. The first-order valence-corrected chi connectivity index (χ1v) is 5.93. The summed E-state index contributed by atoms with van der Waals surface area (Å²) in [4.78, 5) is 36.0. The molecule has 6 heteroatoms. The highest BCUT2D eigenvalue weighted by molar-refractivity contribution is 6.28. The first-order valence-electron chi connectivity index (χ1n) is 5.93. The van der Waals surface area contributed by atoms with Crippen LogP contribution in [0.4, 0.5) is 0 Å². The predicted octanol–water partition coefficient (Wildman–Crippen LogP) is 1.12. The molecule has 0 aliphatic heterocycles. The fraction of sp³-hybridized carbons (Fsp3) is 0.143. The van der Waals surface area contributed by atoms with Crippen molar-refractivity contribution in [2.24, 2.45) is 7.05 Å². The smallest absolute Gasteiger partial charge is 0.308 e. The number of nitrogens with zero attached hydrogens (tertiary/aromatic N) is 2. The predicted molar refractivity (Wildman–Crippen MR) is 67.8 cm³/mol. The molecule has 1 aromatic carbocycles. The van der Waals surface area contributed by atoms with E-state index in [1.807, 2.05) is 0 Å². The molecule has 0 saturated carbocycles. The summed E-state index contributed by atoms with van der Waals surface area (Å²) < 4.78 is 6.37. The lowest BCUT2D eigenvalue weighted by Crippen LogP contribution is -2.23. The number of hydrogen-bond acceptors (Lipinski definition) is 5. The Labute approximate surface area is 114 Å². The fourth-order valence-electron chi connectivity index (χ4n) is 2.33. The van der Waals surface area contributed by atoms with Crippen molar-refractivity contribution in [3.05, 3.63) is 46.8 Å². The number of ketones is 2. The first kappa shape index (κ1) is 12.3. The molecule has 2 aromatic rings. The van der Waals surface area contributed by atoms with Gasteiger partial charge in [0.25, 0.3) is 0 Å². The van der Waals surface area contributed by atoms with E-state index in [2.05, 4.69) is 5.10 Å². The van der Waals surface area contributed by atoms with Gasteiger partial charge in [-0.3, -0.25) is 19.1 Å². The molecular formula is C14H10N2O4. The molecule has 0 bridgehead atoms. The van der Waals surface area contributed by atoms with E-state index in [9.17, 15) is 14.4 Å². The van der Waals surface area contributed by atoms with Crippen LogP contribution in [0.1, 0.15) is 38.9 Å². The Morgan fingerprint density at radius 3 is 2.65 bits per heavy atom. The lowest BCUT2D eigenvalue weighted by molar-refractivity contribution is -0.131. The van der Waals surface area contributed by atoms with Crippen LogP contribution in [-0.4, -0.2) is 27.3 Å². The van der Waals surface area contributed by atoms with Crippen molar-refractivity contribution in [2.75, 3.05) is 0 Å². The second-order valence-electron chi connectivity index (χ2n) is 4.46. The van der Waals surface area contributed by atoms with Crippen LogP contribution < -0.4 is 4.74 Å². The number of fused-ring (bicyclic) bond motifs is 2. The summed E-state index contributed by atoms with van der Waals surface area (Å²) in [6, 6.07) is 4.61. The Morgan fingerprint density at radius 2 is 1.95 bits per heavy atom. The van der Waals surface area contributed by atoms with Gasteiger partial charge in [-0.05, 0) is 6.07 Å². The number of ether oxygens (including phenoxy) is 1. The number of carbonyl (C=O) groups excluding carboxylic acids is 3. The van der Waals surface area contributed by atoms with Crippen molar-refractivity contribution < 1.29 is 19.1 Å². The summed E-state index contributed by atoms with van der Waals surface area (Å²) in [5, 5.41) is 3.94. The monoisotopic (exact) mass is 270 g/mol. The number of aromatic nitrogens is 2. The van der Waals surface area contributed by atoms with Gasteiger partial charge >= 0.3 is 5.97 Å². The first-order chi connectivity index (χ1) is 9.50. The van der Waals surface area contributed by atoms with Gasteiger partial charge in [0, 0.05) is 19.5 Å². The van der Waals surface area contributed by atoms with Gasteiger partial charge in [-0.1, -0.05) is 12.1 Å². The third kappa shape index (κ3) is 1.58. The maximum absolute atomic E-state index is 12.5. The van der Waals surface area contributed by atoms with Crippen LogP contribution in [0.2, 0.25) is 0 Å². The van der Waals surface area contributed by atoms with Gasteiger partial charge in [0.15, 0.2) is 5.78 Å². The number of esters is 1. The maximum atomic E-state index is 12.5. The van der Waals surface area contributed by atoms with Gasteiger partial charge in [-0.15, -0.1) is 0 Å². The largest absolute Gasteiger partial charge is 0.426 e. The molecule has 0 spiro atoms. The van der Waals surface area contributed by atoms with Crippen molar-refractivity contribution in [1.29, 1.82) is 0 Å². The second kappa shape index (κ2) is 4.12. The van der Waals surface area contributed by atoms with Crippen molar-refractivity contribution in [3.63, 3.8) is 0 Å². The molecule has 0 unspecified atom stereocenters. The topological polar surface area (TPSA) is 78.3 Å². The van der Waals surface area contributed by atoms with Crippen LogP contribution in [-0.2, 0) is 11.8 Å². The van der Waals surface area contributed by atoms with Crippen molar-refractivity contribution in [1.82, 2.24) is 9.78 Å². The van der Waals surface area contributed by atoms with Crippen LogP contribution >= 0.6 is 0 Å². The van der Waals surface area contributed by atoms with E-state index in [0.29, 0.717) is 0 Å². The zero-order valence-electron chi connectivity index (χ0n) is 10.8. The fourth-order valence-corrected chi connectivity index (χ4v) is 2.33. The summed E-state index contributed by atoms with van der Waals surface area (Å²) in [5.41, 5.74) is 0.824. The van der Waals surface area contributed by atoms with E-state index >= 15 is 0 Å². The maximum Gasteiger partial charge on any atom is 0.308 e. The summed E-state index contributed by atoms with van der Waals surface area (Å²) >= 11 is 0. The molecule has 100 valence electrons. The SMILES string of the molecule is CC(=O)Oc1cccc2c1C(=O)c1c(cnn1C)C2=O. The molecule has 1 aromatic heterocycles. The number of benzene rings is 1. The minimum Gasteiger partial charge on any atom is -0.426 e. The number of rotatable bonds is 1.